The Hall–Kier alpha value is -9.17. The SMILES string of the molecule is c1ccc(-c2nc(-c3cccc4c3oc3ccccc34)nc(-c3cccc4sc5c(-c6ccc7c(c6)oc6cc(-c8cccc9c8c8ccccc8n9-c8ccccc8)ccc67)cccc5c34)n2)cc1. The molecule has 0 N–H and O–H groups in total. The molecule has 0 fully saturated rings. The Labute approximate surface area is 404 Å². The molecule has 0 atom stereocenters. The number of furan rings is 2. The number of hydrogen-bond donors (Lipinski definition) is 0. The highest BCUT2D eigenvalue weighted by Gasteiger charge is 2.22. The number of thiophene rings is 1. The Bertz CT molecular complexity index is 4600. The molecule has 326 valence electrons. The van der Waals surface area contributed by atoms with Crippen molar-refractivity contribution in [1.82, 2.24) is 19.5 Å². The maximum absolute atomic E-state index is 6.81. The molecule has 0 aliphatic carbocycles. The molecule has 0 saturated carbocycles. The number of para-hydroxylation sites is 4. The molecule has 6 nitrogen and oxygen atoms in total. The van der Waals surface area contributed by atoms with Crippen LogP contribution in [-0.4, -0.2) is 19.5 Å². The summed E-state index contributed by atoms with van der Waals surface area (Å²) in [5.74, 6) is 1.77. The van der Waals surface area contributed by atoms with Gasteiger partial charge in [0, 0.05) is 69.3 Å². The molecule has 15 rings (SSSR count). The summed E-state index contributed by atoms with van der Waals surface area (Å²) in [4.78, 5) is 15.6. The van der Waals surface area contributed by atoms with Crippen molar-refractivity contribution in [1.29, 1.82) is 0 Å². The maximum atomic E-state index is 6.81. The van der Waals surface area contributed by atoms with Crippen molar-refractivity contribution in [3.63, 3.8) is 0 Å². The van der Waals surface area contributed by atoms with Gasteiger partial charge in [-0.25, -0.2) is 15.0 Å². The zero-order valence-electron chi connectivity index (χ0n) is 37.3. The number of rotatable bonds is 6. The predicted octanol–water partition coefficient (Wildman–Crippen LogP) is 17.5. The van der Waals surface area contributed by atoms with Crippen LogP contribution < -0.4 is 0 Å². The summed E-state index contributed by atoms with van der Waals surface area (Å²) in [6, 6.07) is 76.7. The standard InChI is InChI=1S/C63H36N4O2S/c1-3-15-37(16-4-1)61-64-62(66-63(65-61)50-26-12-23-46-43-19-8-10-29-53(43)69-59(46)50)49-25-14-30-56-58(49)48-24-11-22-42(60(48)70-56)39-32-34-45-44-33-31-38(35-54(44)68-55(45)36-39)41-21-13-28-52-57(41)47-20-7-9-27-51(47)67(52)40-17-5-2-6-18-40/h1-36H. The fourth-order valence-electron chi connectivity index (χ4n) is 10.7. The van der Waals surface area contributed by atoms with E-state index in [4.69, 9.17) is 23.8 Å². The molecule has 0 aliphatic rings. The molecule has 0 saturated heterocycles. The van der Waals surface area contributed by atoms with Crippen molar-refractivity contribution in [3.8, 4) is 62.1 Å². The van der Waals surface area contributed by atoms with Gasteiger partial charge in [-0.1, -0.05) is 152 Å². The van der Waals surface area contributed by atoms with Gasteiger partial charge in [0.25, 0.3) is 0 Å². The third-order valence-electron chi connectivity index (χ3n) is 13.9. The summed E-state index contributed by atoms with van der Waals surface area (Å²) < 4.78 is 18.0. The largest absolute Gasteiger partial charge is 0.456 e. The summed E-state index contributed by atoms with van der Waals surface area (Å²) in [6.45, 7) is 0. The van der Waals surface area contributed by atoms with Crippen molar-refractivity contribution in [2.45, 2.75) is 0 Å². The fourth-order valence-corrected chi connectivity index (χ4v) is 12.0. The van der Waals surface area contributed by atoms with Crippen molar-refractivity contribution < 1.29 is 8.83 Å². The van der Waals surface area contributed by atoms with Crippen LogP contribution in [0.15, 0.2) is 227 Å². The second-order valence-corrected chi connectivity index (χ2v) is 18.9. The normalized spacial score (nSPS) is 12.0. The van der Waals surface area contributed by atoms with E-state index < -0.39 is 0 Å². The van der Waals surface area contributed by atoms with E-state index in [1.807, 2.05) is 60.7 Å². The topological polar surface area (TPSA) is 69.9 Å². The van der Waals surface area contributed by atoms with Crippen LogP contribution >= 0.6 is 11.3 Å². The lowest BCUT2D eigenvalue weighted by atomic mass is 9.97. The van der Waals surface area contributed by atoms with Crippen molar-refractivity contribution in [2.75, 3.05) is 0 Å². The van der Waals surface area contributed by atoms with Crippen LogP contribution in [0.25, 0.3) is 148 Å². The Balaban J connectivity index is 0.855. The summed E-state index contributed by atoms with van der Waals surface area (Å²) in [5, 5.41) is 8.98. The van der Waals surface area contributed by atoms with Gasteiger partial charge in [0.1, 0.15) is 22.3 Å². The first kappa shape index (κ1) is 38.9. The molecule has 0 aliphatic heterocycles. The zero-order valence-corrected chi connectivity index (χ0v) is 38.1. The van der Waals surface area contributed by atoms with E-state index in [0.717, 1.165) is 98.4 Å². The van der Waals surface area contributed by atoms with Crippen LogP contribution in [-0.2, 0) is 0 Å². The summed E-state index contributed by atoms with van der Waals surface area (Å²) >= 11 is 1.79. The fraction of sp³-hybridized carbons (Fsp3) is 0. The molecule has 0 spiro atoms. The van der Waals surface area contributed by atoms with Crippen molar-refractivity contribution >= 4 is 97.2 Å². The van der Waals surface area contributed by atoms with Gasteiger partial charge < -0.3 is 13.4 Å². The quantitative estimate of drug-likeness (QED) is 0.166. The summed E-state index contributed by atoms with van der Waals surface area (Å²) in [5.41, 5.74) is 14.0. The highest BCUT2D eigenvalue weighted by atomic mass is 32.1. The molecule has 0 bridgehead atoms. The zero-order chi connectivity index (χ0) is 45.9. The minimum atomic E-state index is 0.560. The number of fused-ring (bicyclic) bond motifs is 12. The smallest absolute Gasteiger partial charge is 0.167 e. The average Bonchev–Trinajstić information content (AvgIpc) is 4.20. The first-order valence-electron chi connectivity index (χ1n) is 23.4. The van der Waals surface area contributed by atoms with Crippen LogP contribution in [0.5, 0.6) is 0 Å². The third-order valence-corrected chi connectivity index (χ3v) is 15.1. The molecular weight excluding hydrogens is 877 g/mol. The molecular formula is C63H36N4O2S. The number of benzene rings is 10. The Morgan fingerprint density at radius 1 is 0.343 bits per heavy atom. The Morgan fingerprint density at radius 2 is 0.914 bits per heavy atom. The van der Waals surface area contributed by atoms with Crippen LogP contribution in [0.1, 0.15) is 0 Å². The molecule has 5 heterocycles. The van der Waals surface area contributed by atoms with Gasteiger partial charge in [0.2, 0.25) is 0 Å². The van der Waals surface area contributed by atoms with E-state index in [2.05, 4.69) is 162 Å². The van der Waals surface area contributed by atoms with E-state index in [1.165, 1.54) is 32.1 Å². The van der Waals surface area contributed by atoms with Crippen molar-refractivity contribution in [3.05, 3.63) is 218 Å². The molecule has 70 heavy (non-hydrogen) atoms. The molecule has 0 unspecified atom stereocenters. The third kappa shape index (κ3) is 5.89. The van der Waals surface area contributed by atoms with Crippen LogP contribution in [0, 0.1) is 0 Å². The van der Waals surface area contributed by atoms with E-state index in [0.29, 0.717) is 17.5 Å². The number of nitrogens with zero attached hydrogens (tertiary/aromatic N) is 4. The molecule has 15 aromatic rings. The first-order valence-corrected chi connectivity index (χ1v) is 24.2. The molecule has 0 amide bonds. The van der Waals surface area contributed by atoms with Crippen LogP contribution in [0.3, 0.4) is 0 Å². The number of aromatic nitrogens is 4. The highest BCUT2D eigenvalue weighted by Crippen LogP contribution is 2.46. The van der Waals surface area contributed by atoms with E-state index in [1.54, 1.807) is 11.3 Å². The lowest BCUT2D eigenvalue weighted by Gasteiger charge is -2.10. The molecule has 0 radical (unpaired) electrons. The van der Waals surface area contributed by atoms with Crippen LogP contribution in [0.2, 0.25) is 0 Å². The maximum Gasteiger partial charge on any atom is 0.167 e. The van der Waals surface area contributed by atoms with Gasteiger partial charge >= 0.3 is 0 Å². The van der Waals surface area contributed by atoms with Gasteiger partial charge in [-0.3, -0.25) is 0 Å². The molecule has 5 aromatic heterocycles. The Morgan fingerprint density at radius 3 is 1.73 bits per heavy atom. The molecule has 10 aromatic carbocycles. The predicted molar refractivity (Wildman–Crippen MR) is 289 cm³/mol. The second kappa shape index (κ2) is 15.2. The van der Waals surface area contributed by atoms with E-state index in [9.17, 15) is 0 Å². The molecule has 7 heteroatoms. The van der Waals surface area contributed by atoms with E-state index >= 15 is 0 Å². The van der Waals surface area contributed by atoms with Gasteiger partial charge in [-0.05, 0) is 89.0 Å². The number of hydrogen-bond acceptors (Lipinski definition) is 6. The van der Waals surface area contributed by atoms with Gasteiger partial charge in [0.05, 0.1) is 16.6 Å². The Kier molecular flexibility index (Phi) is 8.43. The summed E-state index contributed by atoms with van der Waals surface area (Å²) in [6.07, 6.45) is 0. The van der Waals surface area contributed by atoms with Gasteiger partial charge in [0.15, 0.2) is 17.5 Å². The second-order valence-electron chi connectivity index (χ2n) is 17.8. The first-order chi connectivity index (χ1) is 34.7. The van der Waals surface area contributed by atoms with Gasteiger partial charge in [-0.2, -0.15) is 0 Å². The average molecular weight is 913 g/mol. The minimum absolute atomic E-state index is 0.560. The monoisotopic (exact) mass is 912 g/mol. The van der Waals surface area contributed by atoms with E-state index in [-0.39, 0.29) is 0 Å². The van der Waals surface area contributed by atoms with Gasteiger partial charge in [-0.15, -0.1) is 11.3 Å². The lowest BCUT2D eigenvalue weighted by molar-refractivity contribution is 0.669. The highest BCUT2D eigenvalue weighted by molar-refractivity contribution is 7.26. The minimum Gasteiger partial charge on any atom is -0.456 e. The lowest BCUT2D eigenvalue weighted by Crippen LogP contribution is -2.00. The summed E-state index contributed by atoms with van der Waals surface area (Å²) in [7, 11) is 0. The van der Waals surface area contributed by atoms with Crippen molar-refractivity contribution in [2.24, 2.45) is 0 Å². The van der Waals surface area contributed by atoms with Crippen LogP contribution in [0.4, 0.5) is 0 Å².